The molecular weight excluding hydrogens is 406 g/mol. The molecule has 1 amide bonds. The van der Waals surface area contributed by atoms with Gasteiger partial charge in [0.15, 0.2) is 0 Å². The van der Waals surface area contributed by atoms with Gasteiger partial charge in [0.05, 0.1) is 5.69 Å². The van der Waals surface area contributed by atoms with E-state index in [9.17, 15) is 9.59 Å². The molecule has 2 N–H and O–H groups in total. The highest BCUT2D eigenvalue weighted by molar-refractivity contribution is 6.02. The SMILES string of the molecule is Cc1ccc(NC(=O)c2cc(-c3ccccc3)no2)nc1-c1cn(C)c(=O)c2[nH]ccc12. The lowest BCUT2D eigenvalue weighted by molar-refractivity contribution is 0.0987. The molecule has 8 heteroatoms. The number of anilines is 1. The summed E-state index contributed by atoms with van der Waals surface area (Å²) in [5.74, 6) is 0.00273. The van der Waals surface area contributed by atoms with Crippen LogP contribution < -0.4 is 10.9 Å². The first-order valence-corrected chi connectivity index (χ1v) is 9.99. The Kier molecular flexibility index (Phi) is 4.67. The number of pyridine rings is 2. The van der Waals surface area contributed by atoms with Crippen LogP contribution in [-0.4, -0.2) is 25.6 Å². The van der Waals surface area contributed by atoms with Crippen molar-refractivity contribution in [3.05, 3.63) is 88.7 Å². The summed E-state index contributed by atoms with van der Waals surface area (Å²) in [7, 11) is 1.70. The standard InChI is InChI=1S/C24H19N5O3/c1-14-8-9-20(26-21(14)17-13-29(2)24(31)22-16(17)10-11-25-22)27-23(30)19-12-18(28-32-19)15-6-4-3-5-7-15/h3-13,25H,1-2H3,(H,26,27,30). The van der Waals surface area contributed by atoms with E-state index in [2.05, 4.69) is 20.4 Å². The van der Waals surface area contributed by atoms with Crippen LogP contribution in [0.3, 0.4) is 0 Å². The van der Waals surface area contributed by atoms with Crippen molar-refractivity contribution in [2.75, 3.05) is 5.32 Å². The van der Waals surface area contributed by atoms with Crippen molar-refractivity contribution in [1.29, 1.82) is 0 Å². The number of nitrogens with one attached hydrogen (secondary N) is 2. The molecule has 8 nitrogen and oxygen atoms in total. The minimum Gasteiger partial charge on any atom is -0.357 e. The number of amides is 1. The zero-order valence-electron chi connectivity index (χ0n) is 17.4. The summed E-state index contributed by atoms with van der Waals surface area (Å²) in [4.78, 5) is 32.7. The minimum atomic E-state index is -0.450. The normalized spacial score (nSPS) is 11.1. The van der Waals surface area contributed by atoms with Gasteiger partial charge in [-0.2, -0.15) is 0 Å². The number of H-pyrrole nitrogens is 1. The summed E-state index contributed by atoms with van der Waals surface area (Å²) in [5.41, 5.74) is 4.21. The monoisotopic (exact) mass is 425 g/mol. The van der Waals surface area contributed by atoms with Crippen LogP contribution in [0.25, 0.3) is 33.4 Å². The molecule has 1 aromatic carbocycles. The van der Waals surface area contributed by atoms with Crippen molar-refractivity contribution in [2.24, 2.45) is 7.05 Å². The average Bonchev–Trinajstić information content (AvgIpc) is 3.49. The molecule has 0 aliphatic carbocycles. The predicted molar refractivity (Wildman–Crippen MR) is 121 cm³/mol. The summed E-state index contributed by atoms with van der Waals surface area (Å²) in [6, 6.07) is 16.5. The molecule has 158 valence electrons. The van der Waals surface area contributed by atoms with Gasteiger partial charge in [-0.25, -0.2) is 4.98 Å². The van der Waals surface area contributed by atoms with E-state index < -0.39 is 5.91 Å². The number of rotatable bonds is 4. The van der Waals surface area contributed by atoms with Crippen molar-refractivity contribution in [3.8, 4) is 22.5 Å². The van der Waals surface area contributed by atoms with Crippen molar-refractivity contribution < 1.29 is 9.32 Å². The molecule has 5 aromatic rings. The first-order valence-electron chi connectivity index (χ1n) is 9.99. The molecule has 0 saturated heterocycles. The Morgan fingerprint density at radius 1 is 1.12 bits per heavy atom. The van der Waals surface area contributed by atoms with E-state index in [0.717, 1.165) is 22.1 Å². The van der Waals surface area contributed by atoms with E-state index in [1.54, 1.807) is 31.6 Å². The number of hydrogen-bond acceptors (Lipinski definition) is 5. The molecule has 0 spiro atoms. The van der Waals surface area contributed by atoms with Crippen LogP contribution in [0.4, 0.5) is 5.82 Å². The van der Waals surface area contributed by atoms with Crippen LogP contribution >= 0.6 is 0 Å². The van der Waals surface area contributed by atoms with Gasteiger partial charge in [-0.15, -0.1) is 0 Å². The van der Waals surface area contributed by atoms with Crippen LogP contribution in [0.5, 0.6) is 0 Å². The first-order chi connectivity index (χ1) is 15.5. The number of nitrogens with zero attached hydrogens (tertiary/aromatic N) is 3. The zero-order valence-corrected chi connectivity index (χ0v) is 17.4. The van der Waals surface area contributed by atoms with Gasteiger partial charge >= 0.3 is 0 Å². The van der Waals surface area contributed by atoms with Crippen molar-refractivity contribution in [1.82, 2.24) is 19.7 Å². The summed E-state index contributed by atoms with van der Waals surface area (Å²) in [6.07, 6.45) is 3.48. The van der Waals surface area contributed by atoms with E-state index in [1.165, 1.54) is 4.57 Å². The quantitative estimate of drug-likeness (QED) is 0.450. The van der Waals surface area contributed by atoms with Gasteiger partial charge in [0, 0.05) is 42.0 Å². The van der Waals surface area contributed by atoms with E-state index >= 15 is 0 Å². The van der Waals surface area contributed by atoms with Gasteiger partial charge in [-0.1, -0.05) is 41.6 Å². The van der Waals surface area contributed by atoms with Crippen molar-refractivity contribution >= 4 is 22.6 Å². The number of benzene rings is 1. The largest absolute Gasteiger partial charge is 0.357 e. The number of carbonyl (C=O) groups excluding carboxylic acids is 1. The number of aromatic nitrogens is 4. The molecule has 0 aliphatic rings. The highest BCUT2D eigenvalue weighted by Gasteiger charge is 2.17. The first kappa shape index (κ1) is 19.5. The lowest BCUT2D eigenvalue weighted by atomic mass is 10.0. The maximum atomic E-state index is 12.7. The molecule has 0 unspecified atom stereocenters. The van der Waals surface area contributed by atoms with E-state index in [-0.39, 0.29) is 11.3 Å². The highest BCUT2D eigenvalue weighted by Crippen LogP contribution is 2.29. The third-order valence-corrected chi connectivity index (χ3v) is 5.29. The number of aromatic amines is 1. The van der Waals surface area contributed by atoms with Gasteiger partial charge in [0.2, 0.25) is 5.76 Å². The van der Waals surface area contributed by atoms with Gasteiger partial charge in [-0.3, -0.25) is 9.59 Å². The number of aryl methyl sites for hydroxylation is 2. The molecule has 4 heterocycles. The molecule has 4 aromatic heterocycles. The number of carbonyl (C=O) groups is 1. The molecule has 0 atom stereocenters. The zero-order chi connectivity index (χ0) is 22.2. The average molecular weight is 425 g/mol. The molecule has 0 saturated carbocycles. The summed E-state index contributed by atoms with van der Waals surface area (Å²) in [6.45, 7) is 1.93. The number of hydrogen-bond donors (Lipinski definition) is 2. The van der Waals surface area contributed by atoms with Gasteiger partial charge in [0.1, 0.15) is 17.0 Å². The summed E-state index contributed by atoms with van der Waals surface area (Å²) < 4.78 is 6.75. The second-order valence-electron chi connectivity index (χ2n) is 7.48. The minimum absolute atomic E-state index is 0.0860. The fraction of sp³-hybridized carbons (Fsp3) is 0.0833. The van der Waals surface area contributed by atoms with Crippen molar-refractivity contribution in [3.63, 3.8) is 0 Å². The Balaban J connectivity index is 1.47. The van der Waals surface area contributed by atoms with Gasteiger partial charge in [-0.05, 0) is 24.6 Å². The summed E-state index contributed by atoms with van der Waals surface area (Å²) in [5, 5.41) is 7.52. The van der Waals surface area contributed by atoms with E-state index in [1.807, 2.05) is 49.4 Å². The fourth-order valence-corrected chi connectivity index (χ4v) is 3.63. The Bertz CT molecular complexity index is 1510. The highest BCUT2D eigenvalue weighted by atomic mass is 16.5. The van der Waals surface area contributed by atoms with Crippen LogP contribution in [-0.2, 0) is 7.05 Å². The molecule has 0 aliphatic heterocycles. The van der Waals surface area contributed by atoms with Gasteiger partial charge in [0.25, 0.3) is 11.5 Å². The third kappa shape index (κ3) is 3.37. The van der Waals surface area contributed by atoms with E-state index in [4.69, 9.17) is 4.52 Å². The Hall–Kier alpha value is -4.46. The van der Waals surface area contributed by atoms with Crippen LogP contribution in [0, 0.1) is 6.92 Å². The van der Waals surface area contributed by atoms with E-state index in [0.29, 0.717) is 22.7 Å². The molecule has 5 rings (SSSR count). The topological polar surface area (TPSA) is 106 Å². The van der Waals surface area contributed by atoms with Crippen LogP contribution in [0.15, 0.2) is 76.3 Å². The predicted octanol–water partition coefficient (Wildman–Crippen LogP) is 4.14. The Morgan fingerprint density at radius 3 is 2.75 bits per heavy atom. The summed E-state index contributed by atoms with van der Waals surface area (Å²) >= 11 is 0. The third-order valence-electron chi connectivity index (χ3n) is 5.29. The van der Waals surface area contributed by atoms with Crippen molar-refractivity contribution in [2.45, 2.75) is 6.92 Å². The lowest BCUT2D eigenvalue weighted by Crippen LogP contribution is -2.17. The van der Waals surface area contributed by atoms with Gasteiger partial charge < -0.3 is 19.4 Å². The lowest BCUT2D eigenvalue weighted by Gasteiger charge is -2.11. The smallest absolute Gasteiger partial charge is 0.295 e. The maximum Gasteiger partial charge on any atom is 0.295 e. The van der Waals surface area contributed by atoms with Crippen LogP contribution in [0.2, 0.25) is 0 Å². The fourth-order valence-electron chi connectivity index (χ4n) is 3.63. The maximum absolute atomic E-state index is 12.7. The Morgan fingerprint density at radius 2 is 1.94 bits per heavy atom. The second kappa shape index (κ2) is 7.66. The Labute approximate surface area is 182 Å². The second-order valence-corrected chi connectivity index (χ2v) is 7.48. The van der Waals surface area contributed by atoms with Crippen LogP contribution in [0.1, 0.15) is 16.1 Å². The molecule has 0 radical (unpaired) electrons. The number of fused-ring (bicyclic) bond motifs is 1. The molecule has 32 heavy (non-hydrogen) atoms. The molecule has 0 bridgehead atoms. The molecule has 0 fully saturated rings. The molecular formula is C24H19N5O3.